The van der Waals surface area contributed by atoms with Crippen molar-refractivity contribution >= 4 is 22.9 Å². The smallest absolute Gasteiger partial charge is 0.267 e. The number of amides is 1. The second kappa shape index (κ2) is 8.06. The van der Waals surface area contributed by atoms with Crippen LogP contribution in [0.1, 0.15) is 20.9 Å². The molecule has 3 rings (SSSR count). The molecule has 2 aromatic carbocycles. The molecule has 0 aliphatic rings. The summed E-state index contributed by atoms with van der Waals surface area (Å²) in [6.07, 6.45) is 0. The molecule has 8 heteroatoms. The minimum Gasteiger partial charge on any atom is -0.493 e. The molecule has 1 heterocycles. The number of nitriles is 1. The third-order valence-corrected chi connectivity index (χ3v) is 5.18. The molecule has 1 aromatic heterocycles. The topological polar surface area (TPSA) is 84.2 Å². The summed E-state index contributed by atoms with van der Waals surface area (Å²) >= 11 is 1.23. The highest BCUT2D eigenvalue weighted by atomic mass is 32.1. The van der Waals surface area contributed by atoms with Gasteiger partial charge in [0.2, 0.25) is 0 Å². The quantitative estimate of drug-likeness (QED) is 0.690. The van der Waals surface area contributed by atoms with Crippen molar-refractivity contribution in [3.8, 4) is 28.1 Å². The molecule has 0 aliphatic carbocycles. The summed E-state index contributed by atoms with van der Waals surface area (Å²) in [5, 5.41) is 12.2. The molecule has 0 atom stereocenters. The van der Waals surface area contributed by atoms with E-state index < -0.39 is 5.82 Å². The lowest BCUT2D eigenvalue weighted by atomic mass is 10.2. The number of hydrogen-bond donors (Lipinski definition) is 1. The van der Waals surface area contributed by atoms with Crippen LogP contribution in [0.5, 0.6) is 11.5 Å². The number of ether oxygens (including phenoxy) is 2. The lowest BCUT2D eigenvalue weighted by Gasteiger charge is -2.08. The molecule has 0 unspecified atom stereocenters. The zero-order valence-corrected chi connectivity index (χ0v) is 16.2. The fourth-order valence-electron chi connectivity index (χ4n) is 2.58. The van der Waals surface area contributed by atoms with Gasteiger partial charge >= 0.3 is 0 Å². The number of aromatic nitrogens is 1. The number of thiazole rings is 1. The Labute approximate surface area is 165 Å². The van der Waals surface area contributed by atoms with Crippen molar-refractivity contribution < 1.29 is 18.7 Å². The number of benzene rings is 2. The van der Waals surface area contributed by atoms with E-state index in [-0.39, 0.29) is 11.5 Å². The first-order chi connectivity index (χ1) is 13.5. The summed E-state index contributed by atoms with van der Waals surface area (Å²) in [4.78, 5) is 17.5. The van der Waals surface area contributed by atoms with Crippen LogP contribution in [0.3, 0.4) is 0 Å². The van der Waals surface area contributed by atoms with Gasteiger partial charge in [-0.05, 0) is 43.3 Å². The Morgan fingerprint density at radius 1 is 1.18 bits per heavy atom. The van der Waals surface area contributed by atoms with E-state index in [1.165, 1.54) is 23.5 Å². The normalized spacial score (nSPS) is 10.2. The minimum absolute atomic E-state index is 0.134. The lowest BCUT2D eigenvalue weighted by molar-refractivity contribution is 0.103. The first-order valence-electron chi connectivity index (χ1n) is 8.17. The number of nitrogens with one attached hydrogen (secondary N) is 1. The molecule has 142 valence electrons. The summed E-state index contributed by atoms with van der Waals surface area (Å²) in [7, 11) is 3.10. The average Bonchev–Trinajstić information content (AvgIpc) is 3.10. The number of nitrogens with zero attached hydrogens (tertiary/aromatic N) is 2. The van der Waals surface area contributed by atoms with Gasteiger partial charge in [-0.1, -0.05) is 0 Å². The van der Waals surface area contributed by atoms with Crippen molar-refractivity contribution in [2.24, 2.45) is 0 Å². The standard InChI is InChI=1S/C20H16FN3O3S/c1-11-18(19(25)24-14-5-6-15(21)13(8-14)10-22)28-20(23-11)12-4-7-16(26-2)17(9-12)27-3/h4-9H,1-3H3,(H,24,25). The van der Waals surface area contributed by atoms with Gasteiger partial charge in [0.05, 0.1) is 25.5 Å². The first kappa shape index (κ1) is 19.3. The highest BCUT2D eigenvalue weighted by molar-refractivity contribution is 7.17. The van der Waals surface area contributed by atoms with Crippen LogP contribution in [0.25, 0.3) is 10.6 Å². The fraction of sp³-hybridized carbons (Fsp3) is 0.150. The van der Waals surface area contributed by atoms with Crippen molar-refractivity contribution in [3.05, 3.63) is 58.3 Å². The highest BCUT2D eigenvalue weighted by Crippen LogP contribution is 2.35. The first-order valence-corrected chi connectivity index (χ1v) is 8.99. The number of carbonyl (C=O) groups is 1. The van der Waals surface area contributed by atoms with Crippen LogP contribution in [0.15, 0.2) is 36.4 Å². The monoisotopic (exact) mass is 397 g/mol. The van der Waals surface area contributed by atoms with Crippen LogP contribution in [0.4, 0.5) is 10.1 Å². The van der Waals surface area contributed by atoms with E-state index in [4.69, 9.17) is 14.7 Å². The molecular weight excluding hydrogens is 381 g/mol. The molecule has 28 heavy (non-hydrogen) atoms. The molecule has 0 spiro atoms. The van der Waals surface area contributed by atoms with E-state index in [0.717, 1.165) is 11.6 Å². The van der Waals surface area contributed by atoms with Crippen molar-refractivity contribution in [1.82, 2.24) is 4.98 Å². The lowest BCUT2D eigenvalue weighted by Crippen LogP contribution is -2.11. The van der Waals surface area contributed by atoms with Gasteiger partial charge in [-0.2, -0.15) is 5.26 Å². The number of halogens is 1. The molecule has 1 N–H and O–H groups in total. The number of hydrogen-bond acceptors (Lipinski definition) is 6. The Kier molecular flexibility index (Phi) is 5.57. The minimum atomic E-state index is -0.634. The predicted octanol–water partition coefficient (Wildman–Crippen LogP) is 4.40. The Bertz CT molecular complexity index is 1090. The summed E-state index contributed by atoms with van der Waals surface area (Å²) in [5.41, 5.74) is 1.56. The zero-order chi connectivity index (χ0) is 20.3. The number of anilines is 1. The second-order valence-corrected chi connectivity index (χ2v) is 6.76. The summed E-state index contributed by atoms with van der Waals surface area (Å²) in [6.45, 7) is 1.74. The van der Waals surface area contributed by atoms with Crippen LogP contribution >= 0.6 is 11.3 Å². The van der Waals surface area contributed by atoms with Gasteiger partial charge in [-0.15, -0.1) is 11.3 Å². The maximum atomic E-state index is 13.4. The largest absolute Gasteiger partial charge is 0.493 e. The van der Waals surface area contributed by atoms with Crippen molar-refractivity contribution in [3.63, 3.8) is 0 Å². The van der Waals surface area contributed by atoms with Crippen molar-refractivity contribution in [2.75, 3.05) is 19.5 Å². The van der Waals surface area contributed by atoms with Crippen LogP contribution in [-0.4, -0.2) is 25.1 Å². The third-order valence-electron chi connectivity index (χ3n) is 3.98. The summed E-state index contributed by atoms with van der Waals surface area (Å²) < 4.78 is 24.0. The highest BCUT2D eigenvalue weighted by Gasteiger charge is 2.18. The Morgan fingerprint density at radius 3 is 2.61 bits per heavy atom. The molecule has 0 bridgehead atoms. The fourth-order valence-corrected chi connectivity index (χ4v) is 3.53. The molecule has 0 saturated heterocycles. The van der Waals surface area contributed by atoms with Crippen LogP contribution in [0, 0.1) is 24.1 Å². The third kappa shape index (κ3) is 3.80. The van der Waals surface area contributed by atoms with E-state index in [0.29, 0.717) is 32.8 Å². The van der Waals surface area contributed by atoms with E-state index in [1.807, 2.05) is 6.07 Å². The molecule has 6 nitrogen and oxygen atoms in total. The van der Waals surface area contributed by atoms with Gasteiger partial charge in [0.25, 0.3) is 5.91 Å². The predicted molar refractivity (Wildman–Crippen MR) is 104 cm³/mol. The molecule has 0 fully saturated rings. The number of methoxy groups -OCH3 is 2. The summed E-state index contributed by atoms with van der Waals surface area (Å²) in [6, 6.07) is 11.0. The molecular formula is C20H16FN3O3S. The van der Waals surface area contributed by atoms with Crippen LogP contribution in [0.2, 0.25) is 0 Å². The Balaban J connectivity index is 1.88. The van der Waals surface area contributed by atoms with E-state index in [2.05, 4.69) is 10.3 Å². The van der Waals surface area contributed by atoms with Crippen molar-refractivity contribution in [1.29, 1.82) is 5.26 Å². The van der Waals surface area contributed by atoms with E-state index in [1.54, 1.807) is 39.3 Å². The molecule has 1 amide bonds. The van der Waals surface area contributed by atoms with E-state index >= 15 is 0 Å². The van der Waals surface area contributed by atoms with Gasteiger partial charge in [0.1, 0.15) is 21.8 Å². The average molecular weight is 397 g/mol. The van der Waals surface area contributed by atoms with Gasteiger partial charge in [0, 0.05) is 11.3 Å². The van der Waals surface area contributed by atoms with Gasteiger partial charge < -0.3 is 14.8 Å². The van der Waals surface area contributed by atoms with Crippen LogP contribution in [-0.2, 0) is 0 Å². The maximum Gasteiger partial charge on any atom is 0.267 e. The number of aryl methyl sites for hydroxylation is 1. The number of rotatable bonds is 5. The van der Waals surface area contributed by atoms with Crippen LogP contribution < -0.4 is 14.8 Å². The maximum absolute atomic E-state index is 13.4. The van der Waals surface area contributed by atoms with E-state index in [9.17, 15) is 9.18 Å². The molecule has 0 saturated carbocycles. The van der Waals surface area contributed by atoms with Gasteiger partial charge in [-0.25, -0.2) is 9.37 Å². The van der Waals surface area contributed by atoms with Gasteiger partial charge in [-0.3, -0.25) is 4.79 Å². The number of carbonyl (C=O) groups excluding carboxylic acids is 1. The SMILES string of the molecule is COc1ccc(-c2nc(C)c(C(=O)Nc3ccc(F)c(C#N)c3)s2)cc1OC. The Hall–Kier alpha value is -3.44. The second-order valence-electron chi connectivity index (χ2n) is 5.76. The van der Waals surface area contributed by atoms with Gasteiger partial charge in [0.15, 0.2) is 11.5 Å². The molecule has 0 aliphatic heterocycles. The zero-order valence-electron chi connectivity index (χ0n) is 15.4. The molecule has 3 aromatic rings. The van der Waals surface area contributed by atoms with Crippen molar-refractivity contribution in [2.45, 2.75) is 6.92 Å². The summed E-state index contributed by atoms with van der Waals surface area (Å²) in [5.74, 6) is 0.152. The Morgan fingerprint density at radius 2 is 1.93 bits per heavy atom. The molecule has 0 radical (unpaired) electrons.